The van der Waals surface area contributed by atoms with Crippen LogP contribution in [0.15, 0.2) is 0 Å². The second-order valence-electron chi connectivity index (χ2n) is 4.35. The van der Waals surface area contributed by atoms with Crippen LogP contribution >= 0.6 is 0 Å². The fourth-order valence-electron chi connectivity index (χ4n) is 1.72. The molecule has 0 aromatic heterocycles. The van der Waals surface area contributed by atoms with E-state index >= 15 is 0 Å². The lowest BCUT2D eigenvalue weighted by Crippen LogP contribution is -2.87. The van der Waals surface area contributed by atoms with E-state index in [0.29, 0.717) is 0 Å². The Hall–Kier alpha value is -1.00. The van der Waals surface area contributed by atoms with Gasteiger partial charge in [-0.25, -0.2) is 0 Å². The van der Waals surface area contributed by atoms with Crippen LogP contribution in [0.1, 0.15) is 0 Å². The van der Waals surface area contributed by atoms with Crippen LogP contribution in [0.4, 0.5) is 0 Å². The lowest BCUT2D eigenvalue weighted by molar-refractivity contribution is -1.82. The monoisotopic (exact) mass is 384 g/mol. The second-order valence-corrected chi connectivity index (χ2v) is 4.35. The minimum atomic E-state index is -2.13. The van der Waals surface area contributed by atoms with E-state index in [-0.39, 0.29) is 16.2 Å². The van der Waals surface area contributed by atoms with E-state index < -0.39 is 25.4 Å². The highest BCUT2D eigenvalue weighted by atomic mass is 17.7. The molecule has 6 aliphatic rings. The highest BCUT2D eigenvalue weighted by molar-refractivity contribution is 3.76. The molecular formula is H10N13O12+5. The van der Waals surface area contributed by atoms with Crippen LogP contribution in [0, 0.1) is 0 Å². The quantitative estimate of drug-likeness (QED) is 0.192. The zero-order valence-corrected chi connectivity index (χ0v) is 11.4. The summed E-state index contributed by atoms with van der Waals surface area (Å²) in [6, 6.07) is 0. The summed E-state index contributed by atoms with van der Waals surface area (Å²) in [4.78, 5) is 57.9. The van der Waals surface area contributed by atoms with Crippen LogP contribution in [0.2, 0.25) is 0 Å². The van der Waals surface area contributed by atoms with Crippen LogP contribution < -0.4 is 29.2 Å². The first-order valence-corrected chi connectivity index (χ1v) is 5.67. The number of nitrogens with zero attached hydrogens (tertiary/aromatic N) is 8. The van der Waals surface area contributed by atoms with Crippen molar-refractivity contribution in [1.82, 2.24) is 16.2 Å². The number of quaternary nitrogens is 5. The summed E-state index contributed by atoms with van der Waals surface area (Å²) in [5.74, 6) is 28.0. The number of nitrogens with two attached hydrogens (primary N) is 5. The predicted molar refractivity (Wildman–Crippen MR) is 40.8 cm³/mol. The number of rotatable bonds is 0. The molecule has 0 radical (unpaired) electrons. The molecule has 6 aliphatic heterocycles. The van der Waals surface area contributed by atoms with Crippen LogP contribution in [0.25, 0.3) is 0 Å². The summed E-state index contributed by atoms with van der Waals surface area (Å²) in [5, 5.41) is -10.4. The Balaban J connectivity index is 1.71. The van der Waals surface area contributed by atoms with Gasteiger partial charge in [-0.1, -0.05) is 39.1 Å². The van der Waals surface area contributed by atoms with Crippen LogP contribution in [-0.2, 0) is 59.3 Å². The topological polar surface area (TPSA) is 251 Å². The van der Waals surface area contributed by atoms with E-state index in [0.717, 1.165) is 0 Å². The maximum atomic E-state index is 5.62. The Morgan fingerprint density at radius 1 is 0.400 bits per heavy atom. The largest absolute Gasteiger partial charge is 0.359 e. The highest BCUT2D eigenvalue weighted by Crippen LogP contribution is 2.37. The fraction of sp³-hybridized carbons (Fsp3) is 0. The number of hydrogen-bond donors (Lipinski definition) is 5. The normalized spacial score (nSPS) is 63.5. The third kappa shape index (κ3) is 2.64. The van der Waals surface area contributed by atoms with E-state index in [1.807, 2.05) is 0 Å². The molecule has 25 heavy (non-hydrogen) atoms. The predicted octanol–water partition coefficient (Wildman–Crippen LogP) is -6.43. The first-order chi connectivity index (χ1) is 11.5. The van der Waals surface area contributed by atoms with Gasteiger partial charge in [0.05, 0.1) is 24.7 Å². The first-order valence-electron chi connectivity index (χ1n) is 5.67. The van der Waals surface area contributed by atoms with Crippen molar-refractivity contribution in [1.29, 1.82) is 0 Å². The third-order valence-corrected chi connectivity index (χ3v) is 2.31. The average molecular weight is 384 g/mol. The van der Waals surface area contributed by atoms with Gasteiger partial charge >= 0.3 is 20.3 Å². The summed E-state index contributed by atoms with van der Waals surface area (Å²) < 4.78 is 0. The zero-order valence-electron chi connectivity index (χ0n) is 11.4. The molecule has 0 amide bonds. The molecule has 10 N–H and O–H groups in total. The first kappa shape index (κ1) is 16.2. The second kappa shape index (κ2) is 4.45. The smallest absolute Gasteiger partial charge is 0.0866 e. The van der Waals surface area contributed by atoms with Crippen molar-refractivity contribution in [2.45, 2.75) is 0 Å². The summed E-state index contributed by atoms with van der Waals surface area (Å²) in [6.45, 7) is 0. The van der Waals surface area contributed by atoms with Crippen LogP contribution in [-0.4, -0.2) is 41.6 Å². The van der Waals surface area contributed by atoms with Gasteiger partial charge in [0.1, 0.15) is 0 Å². The molecule has 6 rings (SSSR count). The molecule has 0 aromatic rings. The molecule has 4 atom stereocenters. The Bertz CT molecular complexity index is 562. The molecule has 142 valence electrons. The van der Waals surface area contributed by atoms with Crippen molar-refractivity contribution < 1.29 is 84.7 Å². The molecule has 4 unspecified atom stereocenters. The molecule has 6 fully saturated rings. The minimum Gasteiger partial charge on any atom is -0.0866 e. The van der Waals surface area contributed by atoms with Gasteiger partial charge in [0.25, 0.3) is 5.08 Å². The van der Waals surface area contributed by atoms with Crippen LogP contribution in [0.5, 0.6) is 0 Å². The Morgan fingerprint density at radius 3 is 1.20 bits per heavy atom. The molecule has 0 aliphatic carbocycles. The van der Waals surface area contributed by atoms with Crippen LogP contribution in [0.3, 0.4) is 0 Å². The van der Waals surface area contributed by atoms with Gasteiger partial charge in [0, 0.05) is 0 Å². The van der Waals surface area contributed by atoms with Crippen molar-refractivity contribution in [3.8, 4) is 0 Å². The van der Waals surface area contributed by atoms with E-state index in [1.54, 1.807) is 0 Å². The lowest BCUT2D eigenvalue weighted by atomic mass is 12.1. The summed E-state index contributed by atoms with van der Waals surface area (Å²) >= 11 is 0. The van der Waals surface area contributed by atoms with Gasteiger partial charge in [0.2, 0.25) is 20.7 Å². The molecule has 25 heteroatoms. The molecule has 0 aromatic carbocycles. The molecule has 0 saturated carbocycles. The van der Waals surface area contributed by atoms with E-state index in [2.05, 4.69) is 0 Å². The third-order valence-electron chi connectivity index (χ3n) is 2.31. The summed E-state index contributed by atoms with van der Waals surface area (Å²) in [7, 11) is 0. The average Bonchev–Trinajstić information content (AvgIpc) is 2.26. The van der Waals surface area contributed by atoms with Gasteiger partial charge in [-0.2, -0.15) is 0 Å². The molecule has 6 heterocycles. The molecule has 6 saturated heterocycles. The fourth-order valence-corrected chi connectivity index (χ4v) is 1.72. The highest BCUT2D eigenvalue weighted by Gasteiger charge is 2.82. The standard InChI is InChI=1S/H10N13O12/c1-9-17-7-14-6-15-8(18-9)20-12(4)23-10(2,16-6)22-11(3,19-7)24-13(5,21-9)25-12/h1-5H2/q+5. The molecule has 0 spiro atoms. The van der Waals surface area contributed by atoms with Gasteiger partial charge < -0.3 is 0 Å². The Morgan fingerprint density at radius 2 is 0.720 bits per heavy atom. The summed E-state index contributed by atoms with van der Waals surface area (Å²) in [5.41, 5.74) is 0. The van der Waals surface area contributed by atoms with Gasteiger partial charge in [0.15, 0.2) is 20.2 Å². The van der Waals surface area contributed by atoms with Gasteiger partial charge in [-0.05, 0) is 0 Å². The van der Waals surface area contributed by atoms with Crippen molar-refractivity contribution >= 4 is 0 Å². The Kier molecular flexibility index (Phi) is 2.88. The van der Waals surface area contributed by atoms with E-state index in [4.69, 9.17) is 88.5 Å². The van der Waals surface area contributed by atoms with Crippen molar-refractivity contribution in [3.05, 3.63) is 0 Å². The molecule has 25 nitrogen and oxygen atoms in total. The Labute approximate surface area is 131 Å². The van der Waals surface area contributed by atoms with Gasteiger partial charge in [-0.3, -0.25) is 0 Å². The minimum absolute atomic E-state index is 0.00966. The van der Waals surface area contributed by atoms with E-state index in [1.165, 1.54) is 0 Å². The zero-order chi connectivity index (χ0) is 17.7. The summed E-state index contributed by atoms with van der Waals surface area (Å²) in [6.07, 6.45) is 0. The SMILES string of the molecule is N[N+]12ON3ON4ON(O1)O[N+]1(N)O[N+](N)(O4)O[N+](N)(O3)O[N+](N)(O2)O1. The molecule has 8 bridgehead atoms. The van der Waals surface area contributed by atoms with Crippen molar-refractivity contribution in [2.24, 2.45) is 29.2 Å². The van der Waals surface area contributed by atoms with Crippen molar-refractivity contribution in [3.63, 3.8) is 0 Å². The van der Waals surface area contributed by atoms with Crippen molar-refractivity contribution in [2.75, 3.05) is 0 Å². The maximum Gasteiger partial charge on any atom is 0.359 e. The van der Waals surface area contributed by atoms with Gasteiger partial charge in [-0.15, -0.1) is 0 Å². The van der Waals surface area contributed by atoms with E-state index in [9.17, 15) is 0 Å². The number of hydrogen-bond acceptors (Lipinski definition) is 20. The maximum absolute atomic E-state index is 5.62. The lowest BCUT2D eigenvalue weighted by Gasteiger charge is -2.40. The molecular weight excluding hydrogens is 374 g/mol.